The van der Waals surface area contributed by atoms with Gasteiger partial charge in [-0.3, -0.25) is 0 Å². The third-order valence-electron chi connectivity index (χ3n) is 2.99. The van der Waals surface area contributed by atoms with Crippen LogP contribution in [-0.2, 0) is 0 Å². The van der Waals surface area contributed by atoms with Gasteiger partial charge in [-0.2, -0.15) is 9.78 Å². The van der Waals surface area contributed by atoms with Gasteiger partial charge in [-0.1, -0.05) is 12.1 Å². The summed E-state index contributed by atoms with van der Waals surface area (Å²) in [5.74, 6) is 7.18. The third-order valence-corrected chi connectivity index (χ3v) is 2.99. The van der Waals surface area contributed by atoms with Gasteiger partial charge in [0.05, 0.1) is 5.69 Å². The van der Waals surface area contributed by atoms with E-state index in [0.29, 0.717) is 11.6 Å². The van der Waals surface area contributed by atoms with Crippen molar-refractivity contribution in [3.05, 3.63) is 59.5 Å². The smallest absolute Gasteiger partial charge is 0.155 e. The Kier molecular flexibility index (Phi) is 5.27. The van der Waals surface area contributed by atoms with Gasteiger partial charge in [-0.15, -0.1) is 0 Å². The van der Waals surface area contributed by atoms with Crippen LogP contribution in [0.15, 0.2) is 42.5 Å². The van der Waals surface area contributed by atoms with Crippen molar-refractivity contribution in [2.45, 2.75) is 20.8 Å². The van der Waals surface area contributed by atoms with E-state index in [0.717, 1.165) is 22.9 Å². The largest absolute Gasteiger partial charge is 0.384 e. The molecule has 0 aliphatic heterocycles. The van der Waals surface area contributed by atoms with Crippen LogP contribution >= 0.6 is 0 Å². The predicted octanol–water partition coefficient (Wildman–Crippen LogP) is 2.14. The number of hydrazine groups is 1. The molecule has 7 nitrogen and oxygen atoms in total. The van der Waals surface area contributed by atoms with Gasteiger partial charge in [-0.25, -0.2) is 15.8 Å². The number of nitrogens with zero attached hydrogens (tertiary/aromatic N) is 4. The average Bonchev–Trinajstić information content (AvgIpc) is 2.86. The molecule has 5 N–H and O–H groups in total. The number of nitrogens with two attached hydrogens (primary N) is 2. The van der Waals surface area contributed by atoms with Gasteiger partial charge in [0, 0.05) is 17.5 Å². The zero-order valence-corrected chi connectivity index (χ0v) is 13.5. The maximum Gasteiger partial charge on any atom is 0.155 e. The SMILES string of the molecule is Cc1cccc(-n2nc(C)cc2N)n1.Cc1cccc(NN)n1. The lowest BCUT2D eigenvalue weighted by Gasteiger charge is -2.02. The van der Waals surface area contributed by atoms with Crippen molar-refractivity contribution < 1.29 is 0 Å². The fourth-order valence-electron chi connectivity index (χ4n) is 1.97. The molecule has 3 heterocycles. The number of nitrogens with one attached hydrogen (secondary N) is 1. The van der Waals surface area contributed by atoms with Crippen molar-refractivity contribution in [1.29, 1.82) is 0 Å². The lowest BCUT2D eigenvalue weighted by atomic mass is 10.4. The van der Waals surface area contributed by atoms with E-state index < -0.39 is 0 Å². The van der Waals surface area contributed by atoms with E-state index >= 15 is 0 Å². The molecular formula is C16H21N7. The Hall–Kier alpha value is -2.93. The van der Waals surface area contributed by atoms with Gasteiger partial charge < -0.3 is 11.2 Å². The minimum atomic E-state index is 0.612. The molecule has 0 atom stereocenters. The Labute approximate surface area is 135 Å². The molecule has 0 unspecified atom stereocenters. The summed E-state index contributed by atoms with van der Waals surface area (Å²) < 4.78 is 1.64. The summed E-state index contributed by atoms with van der Waals surface area (Å²) in [5, 5.41) is 4.25. The second-order valence-corrected chi connectivity index (χ2v) is 5.07. The molecule has 3 aromatic rings. The first kappa shape index (κ1) is 16.4. The predicted molar refractivity (Wildman–Crippen MR) is 92.0 cm³/mol. The van der Waals surface area contributed by atoms with Gasteiger partial charge in [0.2, 0.25) is 0 Å². The second-order valence-electron chi connectivity index (χ2n) is 5.07. The highest BCUT2D eigenvalue weighted by atomic mass is 15.3. The molecule has 0 aromatic carbocycles. The van der Waals surface area contributed by atoms with E-state index in [4.69, 9.17) is 11.6 Å². The topological polar surface area (TPSA) is 108 Å². The number of pyridine rings is 2. The monoisotopic (exact) mass is 311 g/mol. The van der Waals surface area contributed by atoms with Gasteiger partial charge in [0.25, 0.3) is 0 Å². The molecule has 120 valence electrons. The van der Waals surface area contributed by atoms with Crippen LogP contribution in [0.2, 0.25) is 0 Å². The molecule has 0 amide bonds. The van der Waals surface area contributed by atoms with Gasteiger partial charge in [0.15, 0.2) is 5.82 Å². The Morgan fingerprint density at radius 2 is 1.57 bits per heavy atom. The molecule has 0 saturated heterocycles. The number of anilines is 2. The maximum atomic E-state index is 5.78. The van der Waals surface area contributed by atoms with Gasteiger partial charge >= 0.3 is 0 Å². The van der Waals surface area contributed by atoms with Gasteiger partial charge in [0.1, 0.15) is 11.6 Å². The Bertz CT molecular complexity index is 780. The standard InChI is InChI=1S/C10H12N4.C6H9N3/c1-7-4-3-5-10(12-7)14-9(11)6-8(2)13-14;1-5-3-2-4-6(8-5)9-7/h3-6H,11H2,1-2H3;2-4H,7H2,1H3,(H,8,9). The average molecular weight is 311 g/mol. The van der Waals surface area contributed by atoms with Crippen LogP contribution in [0, 0.1) is 20.8 Å². The molecule has 0 fully saturated rings. The van der Waals surface area contributed by atoms with Crippen molar-refractivity contribution >= 4 is 11.6 Å². The summed E-state index contributed by atoms with van der Waals surface area (Å²) in [6.07, 6.45) is 0. The number of aryl methyl sites for hydroxylation is 3. The highest BCUT2D eigenvalue weighted by molar-refractivity contribution is 5.39. The molecular weight excluding hydrogens is 290 g/mol. The molecule has 0 radical (unpaired) electrons. The maximum absolute atomic E-state index is 5.78. The number of aromatic nitrogens is 4. The second kappa shape index (κ2) is 7.37. The van der Waals surface area contributed by atoms with Crippen LogP contribution in [0.1, 0.15) is 17.1 Å². The third kappa shape index (κ3) is 4.52. The molecule has 7 heteroatoms. The molecule has 0 bridgehead atoms. The number of hydrogen-bond acceptors (Lipinski definition) is 6. The zero-order chi connectivity index (χ0) is 16.8. The molecule has 3 aromatic heterocycles. The summed E-state index contributed by atoms with van der Waals surface area (Å²) in [4.78, 5) is 8.39. The fourth-order valence-corrected chi connectivity index (χ4v) is 1.97. The Morgan fingerprint density at radius 1 is 0.913 bits per heavy atom. The van der Waals surface area contributed by atoms with Crippen molar-refractivity contribution in [3.63, 3.8) is 0 Å². The molecule has 23 heavy (non-hydrogen) atoms. The van der Waals surface area contributed by atoms with Crippen molar-refractivity contribution in [2.75, 3.05) is 11.2 Å². The summed E-state index contributed by atoms with van der Waals surface area (Å²) in [5.41, 5.74) is 11.1. The summed E-state index contributed by atoms with van der Waals surface area (Å²) >= 11 is 0. The Balaban J connectivity index is 0.000000185. The summed E-state index contributed by atoms with van der Waals surface area (Å²) in [6, 6.07) is 13.2. The zero-order valence-electron chi connectivity index (χ0n) is 13.5. The van der Waals surface area contributed by atoms with Crippen molar-refractivity contribution in [3.8, 4) is 5.82 Å². The molecule has 0 saturated carbocycles. The normalized spacial score (nSPS) is 9.91. The highest BCUT2D eigenvalue weighted by Crippen LogP contribution is 2.12. The molecule has 0 spiro atoms. The Morgan fingerprint density at radius 3 is 2.04 bits per heavy atom. The van der Waals surface area contributed by atoms with Crippen molar-refractivity contribution in [2.24, 2.45) is 5.84 Å². The van der Waals surface area contributed by atoms with Gasteiger partial charge in [-0.05, 0) is 45.0 Å². The molecule has 0 aliphatic rings. The van der Waals surface area contributed by atoms with Crippen molar-refractivity contribution in [1.82, 2.24) is 19.7 Å². The first-order chi connectivity index (χ1) is 11.0. The minimum Gasteiger partial charge on any atom is -0.384 e. The van der Waals surface area contributed by atoms with E-state index in [1.54, 1.807) is 4.68 Å². The van der Waals surface area contributed by atoms with E-state index in [9.17, 15) is 0 Å². The summed E-state index contributed by atoms with van der Waals surface area (Å²) in [6.45, 7) is 5.76. The molecule has 0 aliphatic carbocycles. The van der Waals surface area contributed by atoms with Crippen LogP contribution < -0.4 is 17.0 Å². The van der Waals surface area contributed by atoms with E-state index in [1.165, 1.54) is 0 Å². The first-order valence-electron chi connectivity index (χ1n) is 7.16. The van der Waals surface area contributed by atoms with E-state index in [-0.39, 0.29) is 0 Å². The minimum absolute atomic E-state index is 0.612. The van der Waals surface area contributed by atoms with E-state index in [1.807, 2.05) is 63.2 Å². The quantitative estimate of drug-likeness (QED) is 0.494. The number of nitrogen functional groups attached to an aromatic ring is 2. The lowest BCUT2D eigenvalue weighted by Crippen LogP contribution is -2.08. The fraction of sp³-hybridized carbons (Fsp3) is 0.188. The van der Waals surface area contributed by atoms with Crippen LogP contribution in [-0.4, -0.2) is 19.7 Å². The van der Waals surface area contributed by atoms with Crippen LogP contribution in [0.5, 0.6) is 0 Å². The van der Waals surface area contributed by atoms with E-state index in [2.05, 4.69) is 20.5 Å². The lowest BCUT2D eigenvalue weighted by molar-refractivity contribution is 0.836. The van der Waals surface area contributed by atoms with Crippen LogP contribution in [0.3, 0.4) is 0 Å². The number of rotatable bonds is 2. The molecule has 3 rings (SSSR count). The van der Waals surface area contributed by atoms with Crippen LogP contribution in [0.25, 0.3) is 5.82 Å². The first-order valence-corrected chi connectivity index (χ1v) is 7.16. The van der Waals surface area contributed by atoms with Crippen LogP contribution in [0.4, 0.5) is 11.6 Å². The number of hydrogen-bond donors (Lipinski definition) is 3. The summed E-state index contributed by atoms with van der Waals surface area (Å²) in [7, 11) is 0. The highest BCUT2D eigenvalue weighted by Gasteiger charge is 2.04.